The lowest BCUT2D eigenvalue weighted by Gasteiger charge is -2.15. The van der Waals surface area contributed by atoms with Crippen LogP contribution in [-0.2, 0) is 6.54 Å². The predicted octanol–water partition coefficient (Wildman–Crippen LogP) is 3.58. The van der Waals surface area contributed by atoms with Gasteiger partial charge in [0.25, 0.3) is 11.6 Å². The molecule has 0 radical (unpaired) electrons. The van der Waals surface area contributed by atoms with Crippen LogP contribution in [0.1, 0.15) is 16.1 Å². The highest BCUT2D eigenvalue weighted by molar-refractivity contribution is 7.13. The van der Waals surface area contributed by atoms with Crippen LogP contribution in [0.5, 0.6) is 0 Å². The molecule has 1 amide bonds. The van der Waals surface area contributed by atoms with Crippen molar-refractivity contribution >= 4 is 22.9 Å². The number of nitro benzene ring substituents is 1. The van der Waals surface area contributed by atoms with Crippen LogP contribution >= 0.6 is 11.3 Å². The summed E-state index contributed by atoms with van der Waals surface area (Å²) in [5.41, 5.74) is 1.58. The molecule has 0 atom stereocenters. The SMILES string of the molecule is CN(Cc1ccccc1[N+](=O)[O-])C(=O)c1csc(-c2ccoc2)n1. The second kappa shape index (κ2) is 6.63. The summed E-state index contributed by atoms with van der Waals surface area (Å²) in [5, 5.41) is 13.4. The third kappa shape index (κ3) is 3.18. The smallest absolute Gasteiger partial charge is 0.274 e. The topological polar surface area (TPSA) is 89.5 Å². The van der Waals surface area contributed by atoms with E-state index in [1.165, 1.54) is 22.3 Å². The largest absolute Gasteiger partial charge is 0.472 e. The maximum Gasteiger partial charge on any atom is 0.274 e. The standard InChI is InChI=1S/C16H13N3O4S/c1-18(8-11-4-2-3-5-14(11)19(21)22)16(20)13-10-24-15(17-13)12-6-7-23-9-12/h2-7,9-10H,8H2,1H3. The summed E-state index contributed by atoms with van der Waals surface area (Å²) in [6.07, 6.45) is 3.10. The van der Waals surface area contributed by atoms with Crippen molar-refractivity contribution in [3.05, 3.63) is 69.6 Å². The van der Waals surface area contributed by atoms with E-state index in [1.807, 2.05) is 0 Å². The zero-order chi connectivity index (χ0) is 17.1. The first-order valence-electron chi connectivity index (χ1n) is 7.02. The molecule has 0 saturated carbocycles. The molecule has 0 aliphatic heterocycles. The van der Waals surface area contributed by atoms with Crippen LogP contribution in [0.15, 0.2) is 52.7 Å². The van der Waals surface area contributed by atoms with E-state index in [2.05, 4.69) is 4.98 Å². The Hall–Kier alpha value is -3.00. The minimum absolute atomic E-state index is 0.00508. The predicted molar refractivity (Wildman–Crippen MR) is 88.7 cm³/mol. The molecular weight excluding hydrogens is 330 g/mol. The van der Waals surface area contributed by atoms with E-state index in [1.54, 1.807) is 49.2 Å². The van der Waals surface area contributed by atoms with Gasteiger partial charge in [-0.15, -0.1) is 11.3 Å². The molecule has 0 saturated heterocycles. The van der Waals surface area contributed by atoms with E-state index in [4.69, 9.17) is 4.42 Å². The molecule has 0 fully saturated rings. The molecule has 0 spiro atoms. The van der Waals surface area contributed by atoms with Crippen molar-refractivity contribution < 1.29 is 14.1 Å². The van der Waals surface area contributed by atoms with Crippen molar-refractivity contribution in [1.29, 1.82) is 0 Å². The van der Waals surface area contributed by atoms with E-state index in [0.717, 1.165) is 5.56 Å². The lowest BCUT2D eigenvalue weighted by Crippen LogP contribution is -2.26. The number of nitrogens with zero attached hydrogens (tertiary/aromatic N) is 3. The number of furan rings is 1. The lowest BCUT2D eigenvalue weighted by atomic mass is 10.1. The van der Waals surface area contributed by atoms with Gasteiger partial charge in [-0.1, -0.05) is 18.2 Å². The summed E-state index contributed by atoms with van der Waals surface area (Å²) in [7, 11) is 1.59. The van der Waals surface area contributed by atoms with Crippen LogP contribution in [0.2, 0.25) is 0 Å². The molecule has 24 heavy (non-hydrogen) atoms. The van der Waals surface area contributed by atoms with Gasteiger partial charge in [-0.3, -0.25) is 14.9 Å². The van der Waals surface area contributed by atoms with Gasteiger partial charge in [-0.05, 0) is 6.07 Å². The Bertz CT molecular complexity index is 873. The van der Waals surface area contributed by atoms with Gasteiger partial charge in [0, 0.05) is 29.6 Å². The number of rotatable bonds is 5. The average molecular weight is 343 g/mol. The van der Waals surface area contributed by atoms with Crippen molar-refractivity contribution in [3.8, 4) is 10.6 Å². The molecule has 0 aliphatic rings. The lowest BCUT2D eigenvalue weighted by molar-refractivity contribution is -0.385. The number of nitro groups is 1. The third-order valence-electron chi connectivity index (χ3n) is 3.43. The molecule has 3 rings (SSSR count). The zero-order valence-corrected chi connectivity index (χ0v) is 13.5. The van der Waals surface area contributed by atoms with Crippen molar-refractivity contribution in [2.45, 2.75) is 6.54 Å². The third-order valence-corrected chi connectivity index (χ3v) is 4.33. The van der Waals surface area contributed by atoms with Crippen LogP contribution in [-0.4, -0.2) is 27.8 Å². The van der Waals surface area contributed by atoms with E-state index in [9.17, 15) is 14.9 Å². The Morgan fingerprint density at radius 1 is 1.38 bits per heavy atom. The van der Waals surface area contributed by atoms with Crippen LogP contribution in [0, 0.1) is 10.1 Å². The van der Waals surface area contributed by atoms with Crippen molar-refractivity contribution in [3.63, 3.8) is 0 Å². The number of benzene rings is 1. The minimum Gasteiger partial charge on any atom is -0.472 e. The minimum atomic E-state index is -0.451. The quantitative estimate of drug-likeness (QED) is 0.522. The Balaban J connectivity index is 1.77. The molecule has 2 aromatic heterocycles. The maximum atomic E-state index is 12.5. The number of carbonyl (C=O) groups is 1. The number of hydrogen-bond acceptors (Lipinski definition) is 6. The highest BCUT2D eigenvalue weighted by Gasteiger charge is 2.20. The highest BCUT2D eigenvalue weighted by atomic mass is 32.1. The van der Waals surface area contributed by atoms with Gasteiger partial charge in [0.2, 0.25) is 0 Å². The first-order chi connectivity index (χ1) is 11.6. The average Bonchev–Trinajstić information content (AvgIpc) is 3.25. The summed E-state index contributed by atoms with van der Waals surface area (Å²) in [6, 6.07) is 8.14. The number of carbonyl (C=O) groups excluding carboxylic acids is 1. The molecule has 2 heterocycles. The summed E-state index contributed by atoms with van der Waals surface area (Å²) < 4.78 is 5.01. The Labute approximate surface area is 141 Å². The number of hydrogen-bond donors (Lipinski definition) is 0. The summed E-state index contributed by atoms with van der Waals surface area (Å²) in [4.78, 5) is 28.8. The second-order valence-corrected chi connectivity index (χ2v) is 5.96. The van der Waals surface area contributed by atoms with Gasteiger partial charge >= 0.3 is 0 Å². The molecular formula is C16H13N3O4S. The fourth-order valence-electron chi connectivity index (χ4n) is 2.24. The van der Waals surface area contributed by atoms with E-state index in [0.29, 0.717) is 16.3 Å². The van der Waals surface area contributed by atoms with Gasteiger partial charge in [0.1, 0.15) is 17.0 Å². The van der Waals surface area contributed by atoms with E-state index < -0.39 is 4.92 Å². The summed E-state index contributed by atoms with van der Waals surface area (Å²) in [6.45, 7) is 0.133. The summed E-state index contributed by atoms with van der Waals surface area (Å²) in [5.74, 6) is -0.292. The van der Waals surface area contributed by atoms with Gasteiger partial charge < -0.3 is 9.32 Å². The van der Waals surface area contributed by atoms with Gasteiger partial charge in [0.15, 0.2) is 0 Å². The summed E-state index contributed by atoms with van der Waals surface area (Å²) >= 11 is 1.34. The zero-order valence-electron chi connectivity index (χ0n) is 12.7. The molecule has 0 N–H and O–H groups in total. The van der Waals surface area contributed by atoms with Crippen molar-refractivity contribution in [2.24, 2.45) is 0 Å². The molecule has 1 aromatic carbocycles. The Morgan fingerprint density at radius 2 is 2.17 bits per heavy atom. The number of amides is 1. The number of thiazole rings is 1. The van der Waals surface area contributed by atoms with Crippen molar-refractivity contribution in [2.75, 3.05) is 7.05 Å². The van der Waals surface area contributed by atoms with Crippen LogP contribution < -0.4 is 0 Å². The Morgan fingerprint density at radius 3 is 2.88 bits per heavy atom. The molecule has 8 heteroatoms. The molecule has 122 valence electrons. The van der Waals surface area contributed by atoms with Crippen LogP contribution in [0.4, 0.5) is 5.69 Å². The van der Waals surface area contributed by atoms with Crippen LogP contribution in [0.3, 0.4) is 0 Å². The van der Waals surface area contributed by atoms with E-state index in [-0.39, 0.29) is 18.1 Å². The molecule has 7 nitrogen and oxygen atoms in total. The number of para-hydroxylation sites is 1. The van der Waals surface area contributed by atoms with Crippen molar-refractivity contribution in [1.82, 2.24) is 9.88 Å². The fourth-order valence-corrected chi connectivity index (χ4v) is 3.02. The normalized spacial score (nSPS) is 10.5. The maximum absolute atomic E-state index is 12.5. The second-order valence-electron chi connectivity index (χ2n) is 5.10. The highest BCUT2D eigenvalue weighted by Crippen LogP contribution is 2.25. The Kier molecular flexibility index (Phi) is 4.39. The molecule has 0 bridgehead atoms. The molecule has 3 aromatic rings. The first-order valence-corrected chi connectivity index (χ1v) is 7.90. The number of aromatic nitrogens is 1. The first kappa shape index (κ1) is 15.9. The monoisotopic (exact) mass is 343 g/mol. The molecule has 0 aliphatic carbocycles. The van der Waals surface area contributed by atoms with Gasteiger partial charge in [-0.25, -0.2) is 4.98 Å². The molecule has 0 unspecified atom stereocenters. The van der Waals surface area contributed by atoms with Gasteiger partial charge in [-0.2, -0.15) is 0 Å². The van der Waals surface area contributed by atoms with Crippen LogP contribution in [0.25, 0.3) is 10.6 Å². The van der Waals surface area contributed by atoms with Gasteiger partial charge in [0.05, 0.1) is 17.7 Å². The fraction of sp³-hybridized carbons (Fsp3) is 0.125. The van der Waals surface area contributed by atoms with E-state index >= 15 is 0 Å².